The molecule has 41 heavy (non-hydrogen) atoms. The van der Waals surface area contributed by atoms with E-state index in [1.807, 2.05) is 6.07 Å². The van der Waals surface area contributed by atoms with Gasteiger partial charge in [0.05, 0.1) is 18.6 Å². The number of piperazine rings is 1. The van der Waals surface area contributed by atoms with Crippen LogP contribution in [-0.2, 0) is 22.6 Å². The third-order valence-electron chi connectivity index (χ3n) is 8.54. The summed E-state index contributed by atoms with van der Waals surface area (Å²) >= 11 is 0. The maximum absolute atomic E-state index is 13.3. The molecule has 0 amide bonds. The number of rotatable bonds is 12. The average molecular weight is 573 g/mol. The van der Waals surface area contributed by atoms with Crippen LogP contribution in [0.5, 0.6) is 5.75 Å². The van der Waals surface area contributed by atoms with E-state index in [1.165, 1.54) is 12.5 Å². The van der Waals surface area contributed by atoms with Crippen molar-refractivity contribution in [3.05, 3.63) is 53.1 Å². The fourth-order valence-corrected chi connectivity index (χ4v) is 6.34. The van der Waals surface area contributed by atoms with Crippen molar-refractivity contribution in [1.29, 1.82) is 0 Å². The van der Waals surface area contributed by atoms with E-state index in [4.69, 9.17) is 0 Å². The number of hydrogen-bond donors (Lipinski definition) is 3. The molecule has 0 saturated carbocycles. The largest absolute Gasteiger partial charge is 0.507 e. The fraction of sp³-hybridized carbons (Fsp3) is 0.531. The Morgan fingerprint density at radius 1 is 1.02 bits per heavy atom. The second-order valence-electron chi connectivity index (χ2n) is 11.6. The van der Waals surface area contributed by atoms with Crippen molar-refractivity contribution in [2.45, 2.75) is 45.6 Å². The number of nitrogens with zero attached hydrogens (tertiary/aromatic N) is 2. The molecule has 9 heteroatoms. The minimum absolute atomic E-state index is 0. The standard InChI is InChI=1S/C32H42N2O6.H2O.2H2/c1-21(37)15-30(39)28(20-36)25(9-14-35)16-23-17-27-26(7-8-29(38)32(27)31(40)18-23)24-5-3-22(4-6-24)19-34-12-10-33(2)11-13-34;;;/h3-8,23,25,28,35-36,38H,9-20H2,1-2H3;1H2;2*1H. The molecular formula is C32H48N2O7. The molecule has 1 saturated heterocycles. The molecule has 1 fully saturated rings. The van der Waals surface area contributed by atoms with Crippen LogP contribution in [0.1, 0.15) is 56.9 Å². The minimum atomic E-state index is -0.760. The Kier molecular flexibility index (Phi) is 11.7. The number of aliphatic hydroxyl groups excluding tert-OH is 2. The summed E-state index contributed by atoms with van der Waals surface area (Å²) in [6.07, 6.45) is 1.26. The van der Waals surface area contributed by atoms with Gasteiger partial charge < -0.3 is 25.7 Å². The Morgan fingerprint density at radius 2 is 1.71 bits per heavy atom. The van der Waals surface area contributed by atoms with Gasteiger partial charge in [-0.1, -0.05) is 30.3 Å². The van der Waals surface area contributed by atoms with E-state index in [2.05, 4.69) is 41.1 Å². The molecule has 3 unspecified atom stereocenters. The summed E-state index contributed by atoms with van der Waals surface area (Å²) in [6, 6.07) is 11.8. The predicted octanol–water partition coefficient (Wildman–Crippen LogP) is 2.76. The van der Waals surface area contributed by atoms with Crippen LogP contribution in [0.4, 0.5) is 0 Å². The summed E-state index contributed by atoms with van der Waals surface area (Å²) in [5, 5.41) is 30.3. The highest BCUT2D eigenvalue weighted by Crippen LogP contribution is 2.41. The van der Waals surface area contributed by atoms with Crippen LogP contribution >= 0.6 is 0 Å². The lowest BCUT2D eigenvalue weighted by molar-refractivity contribution is -0.131. The molecule has 4 rings (SSSR count). The molecule has 0 aromatic heterocycles. The normalized spacial score (nSPS) is 19.2. The number of carbonyl (C=O) groups is 3. The van der Waals surface area contributed by atoms with Crippen molar-refractivity contribution in [2.24, 2.45) is 17.8 Å². The van der Waals surface area contributed by atoms with Crippen LogP contribution in [0.2, 0.25) is 0 Å². The Labute approximate surface area is 245 Å². The first-order valence-electron chi connectivity index (χ1n) is 14.3. The first-order chi connectivity index (χ1) is 19.2. The molecule has 2 aromatic carbocycles. The van der Waals surface area contributed by atoms with Crippen molar-refractivity contribution in [3.63, 3.8) is 0 Å². The van der Waals surface area contributed by atoms with Gasteiger partial charge in [-0.15, -0.1) is 0 Å². The monoisotopic (exact) mass is 572 g/mol. The maximum atomic E-state index is 13.3. The van der Waals surface area contributed by atoms with E-state index in [-0.39, 0.29) is 62.7 Å². The molecule has 0 bridgehead atoms. The van der Waals surface area contributed by atoms with Gasteiger partial charge in [-0.25, -0.2) is 0 Å². The zero-order chi connectivity index (χ0) is 28.8. The molecule has 0 radical (unpaired) electrons. The zero-order valence-corrected chi connectivity index (χ0v) is 24.1. The van der Waals surface area contributed by atoms with Crippen LogP contribution < -0.4 is 0 Å². The Morgan fingerprint density at radius 3 is 2.32 bits per heavy atom. The topological polar surface area (TPSA) is 150 Å². The van der Waals surface area contributed by atoms with Crippen molar-refractivity contribution in [3.8, 4) is 16.9 Å². The third-order valence-corrected chi connectivity index (χ3v) is 8.54. The summed E-state index contributed by atoms with van der Waals surface area (Å²) < 4.78 is 0. The number of likely N-dealkylation sites (N-methyl/N-ethyl adjacent to an activating group) is 1. The number of phenolic OH excluding ortho intramolecular Hbond substituents is 1. The summed E-state index contributed by atoms with van der Waals surface area (Å²) in [5.41, 5.74) is 4.27. The summed E-state index contributed by atoms with van der Waals surface area (Å²) in [4.78, 5) is 42.3. The number of aliphatic hydroxyl groups is 2. The lowest BCUT2D eigenvalue weighted by atomic mass is 9.72. The Bertz CT molecular complexity index is 1220. The number of phenols is 1. The molecule has 1 heterocycles. The predicted molar refractivity (Wildman–Crippen MR) is 161 cm³/mol. The van der Waals surface area contributed by atoms with Crippen LogP contribution in [-0.4, -0.2) is 94.4 Å². The smallest absolute Gasteiger partial charge is 0.167 e. The summed E-state index contributed by atoms with van der Waals surface area (Å²) in [7, 11) is 2.14. The number of aromatic hydroxyl groups is 1. The molecule has 9 nitrogen and oxygen atoms in total. The van der Waals surface area contributed by atoms with E-state index in [0.29, 0.717) is 24.8 Å². The number of Topliss-reactive ketones (excluding diaryl/α,β-unsaturated/α-hetero) is 3. The SMILES string of the molecule is CC(=O)CC(=O)C(CO)C(CCO)CC1CC(=O)c2c(O)ccc(-c3ccc(CN4CCN(C)CC4)cc3)c2C1.O.[HH].[HH]. The summed E-state index contributed by atoms with van der Waals surface area (Å²) in [5.74, 6) is -1.98. The van der Waals surface area contributed by atoms with Crippen molar-refractivity contribution < 1.29 is 38.0 Å². The van der Waals surface area contributed by atoms with Gasteiger partial charge in [-0.3, -0.25) is 19.3 Å². The zero-order valence-electron chi connectivity index (χ0n) is 24.1. The van der Waals surface area contributed by atoms with E-state index in [9.17, 15) is 29.7 Å². The second-order valence-corrected chi connectivity index (χ2v) is 11.6. The molecule has 1 aliphatic carbocycles. The second kappa shape index (κ2) is 14.8. The van der Waals surface area contributed by atoms with Gasteiger partial charge >= 0.3 is 0 Å². The Balaban J connectivity index is 0.00000308. The fourth-order valence-electron chi connectivity index (χ4n) is 6.34. The van der Waals surface area contributed by atoms with Crippen LogP contribution in [0.25, 0.3) is 11.1 Å². The maximum Gasteiger partial charge on any atom is 0.167 e. The third kappa shape index (κ3) is 8.08. The van der Waals surface area contributed by atoms with Crippen molar-refractivity contribution >= 4 is 17.3 Å². The molecule has 5 N–H and O–H groups in total. The van der Waals surface area contributed by atoms with E-state index in [0.717, 1.165) is 49.4 Å². The molecule has 228 valence electrons. The van der Waals surface area contributed by atoms with Crippen LogP contribution in [0, 0.1) is 17.8 Å². The summed E-state index contributed by atoms with van der Waals surface area (Å²) in [6.45, 7) is 5.90. The van der Waals surface area contributed by atoms with E-state index < -0.39 is 12.5 Å². The van der Waals surface area contributed by atoms with Crippen LogP contribution in [0.3, 0.4) is 0 Å². The molecular weight excluding hydrogens is 524 g/mol. The Hall–Kier alpha value is -2.95. The number of fused-ring (bicyclic) bond motifs is 1. The molecule has 2 aromatic rings. The van der Waals surface area contributed by atoms with Gasteiger partial charge in [0, 0.05) is 54.5 Å². The quantitative estimate of drug-likeness (QED) is 0.329. The average Bonchev–Trinajstić information content (AvgIpc) is 2.91. The van der Waals surface area contributed by atoms with E-state index >= 15 is 0 Å². The minimum Gasteiger partial charge on any atom is -0.507 e. The molecule has 2 aliphatic rings. The van der Waals surface area contributed by atoms with Crippen molar-refractivity contribution in [2.75, 3.05) is 46.4 Å². The van der Waals surface area contributed by atoms with E-state index in [1.54, 1.807) is 6.07 Å². The molecule has 0 spiro atoms. The van der Waals surface area contributed by atoms with Crippen LogP contribution in [0.15, 0.2) is 36.4 Å². The first kappa shape index (κ1) is 32.6. The van der Waals surface area contributed by atoms with Gasteiger partial charge in [0.15, 0.2) is 5.78 Å². The molecule has 3 atom stereocenters. The highest BCUT2D eigenvalue weighted by molar-refractivity contribution is 6.03. The highest BCUT2D eigenvalue weighted by atomic mass is 16.3. The van der Waals surface area contributed by atoms with Gasteiger partial charge in [0.25, 0.3) is 0 Å². The highest BCUT2D eigenvalue weighted by Gasteiger charge is 2.35. The lowest BCUT2D eigenvalue weighted by Crippen LogP contribution is -2.43. The van der Waals surface area contributed by atoms with Gasteiger partial charge in [-0.05, 0) is 73.4 Å². The van der Waals surface area contributed by atoms with Crippen molar-refractivity contribution in [1.82, 2.24) is 9.80 Å². The number of carbonyl (C=O) groups excluding carboxylic acids is 3. The van der Waals surface area contributed by atoms with Gasteiger partial charge in [0.2, 0.25) is 0 Å². The number of benzene rings is 2. The number of ketones is 3. The molecule has 1 aliphatic heterocycles. The lowest BCUT2D eigenvalue weighted by Gasteiger charge is -2.32. The van der Waals surface area contributed by atoms with Gasteiger partial charge in [0.1, 0.15) is 17.3 Å². The van der Waals surface area contributed by atoms with Gasteiger partial charge in [-0.2, -0.15) is 0 Å². The number of hydrogen-bond acceptors (Lipinski definition) is 8. The first-order valence-corrected chi connectivity index (χ1v) is 14.3.